The van der Waals surface area contributed by atoms with E-state index < -0.39 is 10.0 Å². The Bertz CT molecular complexity index is 543. The molecule has 0 aliphatic rings. The number of hydrogen-bond donors (Lipinski definition) is 1. The van der Waals surface area contributed by atoms with Crippen LogP contribution in [0.1, 0.15) is 18.5 Å². The van der Waals surface area contributed by atoms with Crippen molar-refractivity contribution in [2.24, 2.45) is 5.14 Å². The van der Waals surface area contributed by atoms with Crippen LogP contribution in [0.15, 0.2) is 40.2 Å². The highest BCUT2D eigenvalue weighted by molar-refractivity contribution is 9.11. The van der Waals surface area contributed by atoms with E-state index in [4.69, 9.17) is 5.14 Å². The Morgan fingerprint density at radius 3 is 2.67 bits per heavy atom. The van der Waals surface area contributed by atoms with Crippen molar-refractivity contribution in [3.8, 4) is 0 Å². The minimum atomic E-state index is -3.65. The molecule has 0 spiro atoms. The third-order valence-electron chi connectivity index (χ3n) is 2.75. The van der Waals surface area contributed by atoms with Crippen LogP contribution in [0.3, 0.4) is 0 Å². The molecule has 0 aliphatic carbocycles. The molecule has 2 N–H and O–H groups in total. The van der Waals surface area contributed by atoms with Crippen molar-refractivity contribution in [3.63, 3.8) is 0 Å². The number of halogens is 1. The molecule has 0 saturated heterocycles. The molecule has 0 fully saturated rings. The van der Waals surface area contributed by atoms with E-state index >= 15 is 0 Å². The molecule has 0 saturated carbocycles. The Labute approximate surface area is 117 Å². The van der Waals surface area contributed by atoms with Crippen molar-refractivity contribution in [1.82, 2.24) is 4.90 Å². The molecule has 6 heteroatoms. The summed E-state index contributed by atoms with van der Waals surface area (Å²) in [5.41, 5.74) is 0.901. The highest BCUT2D eigenvalue weighted by atomic mass is 79.9. The molecule has 0 heterocycles. The normalized spacial score (nSPS) is 13.6. The summed E-state index contributed by atoms with van der Waals surface area (Å²) in [6.45, 7) is 6.47. The molecule has 4 nitrogen and oxygen atoms in total. The highest BCUT2D eigenvalue weighted by Gasteiger charge is 2.15. The fourth-order valence-corrected chi connectivity index (χ4v) is 2.58. The maximum absolute atomic E-state index is 11.3. The first-order valence-electron chi connectivity index (χ1n) is 5.38. The lowest BCUT2D eigenvalue weighted by Crippen LogP contribution is -2.24. The van der Waals surface area contributed by atoms with Gasteiger partial charge in [-0.25, -0.2) is 13.6 Å². The van der Waals surface area contributed by atoms with Crippen LogP contribution in [-0.4, -0.2) is 26.9 Å². The monoisotopic (exact) mass is 332 g/mol. The van der Waals surface area contributed by atoms with Crippen molar-refractivity contribution in [1.29, 1.82) is 0 Å². The molecular formula is C12H17BrN2O2S. The van der Waals surface area contributed by atoms with Crippen LogP contribution in [0.2, 0.25) is 0 Å². The van der Waals surface area contributed by atoms with Crippen LogP contribution in [-0.2, 0) is 10.0 Å². The summed E-state index contributed by atoms with van der Waals surface area (Å²) in [4.78, 5) is 2.19. The summed E-state index contributed by atoms with van der Waals surface area (Å²) in [7, 11) is -1.71. The molecule has 1 aromatic rings. The number of benzene rings is 1. The van der Waals surface area contributed by atoms with Gasteiger partial charge in [-0.15, -0.1) is 0 Å². The Kier molecular flexibility index (Phi) is 5.10. The zero-order valence-corrected chi connectivity index (χ0v) is 12.8. The Hall–Kier alpha value is -0.690. The largest absolute Gasteiger partial charge is 0.295 e. The zero-order valence-electron chi connectivity index (χ0n) is 10.4. The first-order chi connectivity index (χ1) is 8.21. The lowest BCUT2D eigenvalue weighted by Gasteiger charge is -2.25. The second-order valence-electron chi connectivity index (χ2n) is 4.23. The molecule has 100 valence electrons. The third-order valence-corrected chi connectivity index (χ3v) is 3.91. The lowest BCUT2D eigenvalue weighted by molar-refractivity contribution is 0.288. The highest BCUT2D eigenvalue weighted by Crippen LogP contribution is 2.22. The number of sulfonamides is 1. The summed E-state index contributed by atoms with van der Waals surface area (Å²) in [6, 6.07) is 6.75. The van der Waals surface area contributed by atoms with Gasteiger partial charge in [-0.1, -0.05) is 34.6 Å². The summed E-state index contributed by atoms with van der Waals surface area (Å²) in [5, 5.41) is 5.12. The minimum absolute atomic E-state index is 0.0704. The van der Waals surface area contributed by atoms with Gasteiger partial charge in [-0.3, -0.25) is 4.90 Å². The zero-order chi connectivity index (χ0) is 13.9. The van der Waals surface area contributed by atoms with E-state index in [2.05, 4.69) is 27.4 Å². The van der Waals surface area contributed by atoms with Crippen LogP contribution in [0.4, 0.5) is 0 Å². The number of primary sulfonamides is 1. The van der Waals surface area contributed by atoms with Crippen LogP contribution >= 0.6 is 15.9 Å². The van der Waals surface area contributed by atoms with Gasteiger partial charge < -0.3 is 0 Å². The van der Waals surface area contributed by atoms with Crippen LogP contribution in [0, 0.1) is 0 Å². The van der Waals surface area contributed by atoms with Crippen molar-refractivity contribution >= 4 is 26.0 Å². The van der Waals surface area contributed by atoms with Crippen molar-refractivity contribution < 1.29 is 8.42 Å². The number of rotatable bonds is 5. The van der Waals surface area contributed by atoms with Gasteiger partial charge in [0.15, 0.2) is 0 Å². The summed E-state index contributed by atoms with van der Waals surface area (Å²) >= 11 is 3.31. The van der Waals surface area contributed by atoms with E-state index in [-0.39, 0.29) is 10.9 Å². The topological polar surface area (TPSA) is 63.4 Å². The average Bonchev–Trinajstić information content (AvgIpc) is 2.26. The first kappa shape index (κ1) is 15.4. The Morgan fingerprint density at radius 2 is 2.17 bits per heavy atom. The van der Waals surface area contributed by atoms with E-state index in [0.29, 0.717) is 6.54 Å². The van der Waals surface area contributed by atoms with Gasteiger partial charge >= 0.3 is 0 Å². The maximum atomic E-state index is 11.3. The molecule has 0 aliphatic heterocycles. The van der Waals surface area contributed by atoms with Gasteiger partial charge in [0, 0.05) is 17.1 Å². The molecule has 0 amide bonds. The molecule has 0 aromatic heterocycles. The number of hydrogen-bond acceptors (Lipinski definition) is 3. The van der Waals surface area contributed by atoms with E-state index in [9.17, 15) is 8.42 Å². The van der Waals surface area contributed by atoms with Gasteiger partial charge in [0.1, 0.15) is 0 Å². The number of nitrogens with two attached hydrogens (primary N) is 1. The van der Waals surface area contributed by atoms with Crippen molar-refractivity contribution in [3.05, 3.63) is 40.9 Å². The van der Waals surface area contributed by atoms with E-state index in [1.165, 1.54) is 6.07 Å². The molecular weight excluding hydrogens is 316 g/mol. The van der Waals surface area contributed by atoms with E-state index in [1.54, 1.807) is 12.1 Å². The summed E-state index contributed by atoms with van der Waals surface area (Å²) in [5.74, 6) is 0. The van der Waals surface area contributed by atoms with E-state index in [1.807, 2.05) is 20.0 Å². The summed E-state index contributed by atoms with van der Waals surface area (Å²) < 4.78 is 23.5. The van der Waals surface area contributed by atoms with Crippen molar-refractivity contribution in [2.45, 2.75) is 17.9 Å². The quantitative estimate of drug-likeness (QED) is 0.899. The predicted molar refractivity (Wildman–Crippen MR) is 76.9 cm³/mol. The molecule has 0 bridgehead atoms. The van der Waals surface area contributed by atoms with Gasteiger partial charge in [0.2, 0.25) is 10.0 Å². The standard InChI is InChI=1S/C12H17BrN2O2S/c1-9(13)8-15(3)10(2)11-5-4-6-12(7-11)18(14,16)17/h4-7,10H,1,8H2,2-3H3,(H2,14,16,17)/t10-/m0/s1. The SMILES string of the molecule is C=C(Br)CN(C)[C@@H](C)c1cccc(S(N)(=O)=O)c1. The lowest BCUT2D eigenvalue weighted by atomic mass is 10.1. The maximum Gasteiger partial charge on any atom is 0.238 e. The van der Waals surface area contributed by atoms with Crippen LogP contribution in [0.25, 0.3) is 0 Å². The molecule has 18 heavy (non-hydrogen) atoms. The van der Waals surface area contributed by atoms with Gasteiger partial charge in [-0.2, -0.15) is 0 Å². The Balaban J connectivity index is 3.00. The van der Waals surface area contributed by atoms with Crippen LogP contribution in [0.5, 0.6) is 0 Å². The van der Waals surface area contributed by atoms with Crippen LogP contribution < -0.4 is 5.14 Å². The molecule has 1 atom stereocenters. The Morgan fingerprint density at radius 1 is 1.56 bits per heavy atom. The second kappa shape index (κ2) is 5.97. The fourth-order valence-electron chi connectivity index (χ4n) is 1.61. The second-order valence-corrected chi connectivity index (χ2v) is 6.91. The predicted octanol–water partition coefficient (Wildman–Crippen LogP) is 2.24. The molecule has 1 aromatic carbocycles. The minimum Gasteiger partial charge on any atom is -0.295 e. The molecule has 1 rings (SSSR count). The fraction of sp³-hybridized carbons (Fsp3) is 0.333. The smallest absolute Gasteiger partial charge is 0.238 e. The van der Waals surface area contributed by atoms with Gasteiger partial charge in [-0.05, 0) is 31.7 Å². The average molecular weight is 333 g/mol. The number of likely N-dealkylation sites (N-methyl/N-ethyl adjacent to an activating group) is 1. The number of nitrogens with zero attached hydrogens (tertiary/aromatic N) is 1. The van der Waals surface area contributed by atoms with Gasteiger partial charge in [0.25, 0.3) is 0 Å². The molecule has 0 unspecified atom stereocenters. The van der Waals surface area contributed by atoms with Crippen molar-refractivity contribution in [2.75, 3.05) is 13.6 Å². The van der Waals surface area contributed by atoms with Gasteiger partial charge in [0.05, 0.1) is 4.90 Å². The third kappa shape index (κ3) is 4.20. The van der Waals surface area contributed by atoms with E-state index in [0.717, 1.165) is 10.0 Å². The summed E-state index contributed by atoms with van der Waals surface area (Å²) in [6.07, 6.45) is 0. The first-order valence-corrected chi connectivity index (χ1v) is 7.72. The molecule has 0 radical (unpaired) electrons.